The number of amides is 1. The number of benzene rings is 1. The number of alkyl halides is 3. The zero-order chi connectivity index (χ0) is 16.5. The minimum absolute atomic E-state index is 0.149. The van der Waals surface area contributed by atoms with E-state index in [4.69, 9.17) is 0 Å². The summed E-state index contributed by atoms with van der Waals surface area (Å²) in [6.45, 7) is 2.74. The molecule has 1 spiro atoms. The van der Waals surface area contributed by atoms with Gasteiger partial charge in [0, 0.05) is 19.6 Å². The topological polar surface area (TPSA) is 32.3 Å². The number of rotatable bonds is 2. The van der Waals surface area contributed by atoms with Crippen LogP contribution in [0.25, 0.3) is 0 Å². The van der Waals surface area contributed by atoms with Crippen LogP contribution in [0.4, 0.5) is 13.2 Å². The fraction of sp³-hybridized carbons (Fsp3) is 0.588. The molecule has 3 rings (SSSR count). The molecular weight excluding hydrogens is 305 g/mol. The molecule has 0 aliphatic carbocycles. The number of nitrogens with zero attached hydrogens (tertiary/aromatic N) is 1. The Morgan fingerprint density at radius 2 is 1.83 bits per heavy atom. The normalized spacial score (nSPS) is 25.9. The number of halogens is 3. The Morgan fingerprint density at radius 3 is 2.43 bits per heavy atom. The van der Waals surface area contributed by atoms with Crippen LogP contribution in [0, 0.1) is 5.41 Å². The summed E-state index contributed by atoms with van der Waals surface area (Å²) in [5.41, 5.74) is -0.214. The highest BCUT2D eigenvalue weighted by Crippen LogP contribution is 2.37. The van der Waals surface area contributed by atoms with Gasteiger partial charge in [0.1, 0.15) is 0 Å². The van der Waals surface area contributed by atoms with Crippen molar-refractivity contribution in [2.24, 2.45) is 5.41 Å². The molecule has 6 heteroatoms. The molecular formula is C17H21F3N2O. The second-order valence-electron chi connectivity index (χ2n) is 6.59. The van der Waals surface area contributed by atoms with Gasteiger partial charge < -0.3 is 10.2 Å². The molecule has 2 fully saturated rings. The van der Waals surface area contributed by atoms with E-state index < -0.39 is 11.7 Å². The van der Waals surface area contributed by atoms with E-state index in [1.165, 1.54) is 12.1 Å². The van der Waals surface area contributed by atoms with E-state index in [9.17, 15) is 18.0 Å². The van der Waals surface area contributed by atoms with Crippen molar-refractivity contribution in [2.45, 2.75) is 38.4 Å². The molecule has 2 aliphatic heterocycles. The van der Waals surface area contributed by atoms with E-state index in [1.54, 1.807) is 4.90 Å². The van der Waals surface area contributed by atoms with Gasteiger partial charge >= 0.3 is 6.18 Å². The fourth-order valence-electron chi connectivity index (χ4n) is 3.69. The summed E-state index contributed by atoms with van der Waals surface area (Å²) in [4.78, 5) is 14.6. The molecule has 2 aliphatic rings. The highest BCUT2D eigenvalue weighted by atomic mass is 19.4. The molecule has 1 amide bonds. The largest absolute Gasteiger partial charge is 0.416 e. The molecule has 0 aromatic heterocycles. The average Bonchev–Trinajstić information content (AvgIpc) is 2.53. The molecule has 3 nitrogen and oxygen atoms in total. The Morgan fingerprint density at radius 1 is 1.13 bits per heavy atom. The Kier molecular flexibility index (Phi) is 4.36. The molecule has 1 aromatic carbocycles. The molecule has 0 bridgehead atoms. The maximum Gasteiger partial charge on any atom is 0.416 e. The third-order valence-corrected chi connectivity index (χ3v) is 4.95. The minimum atomic E-state index is -4.32. The number of carbonyl (C=O) groups is 1. The van der Waals surface area contributed by atoms with E-state index in [2.05, 4.69) is 5.32 Å². The van der Waals surface area contributed by atoms with Gasteiger partial charge in [-0.3, -0.25) is 4.79 Å². The second kappa shape index (κ2) is 6.15. The van der Waals surface area contributed by atoms with Crippen LogP contribution in [-0.4, -0.2) is 30.4 Å². The molecule has 1 unspecified atom stereocenters. The van der Waals surface area contributed by atoms with Crippen molar-refractivity contribution in [2.75, 3.05) is 19.6 Å². The molecule has 23 heavy (non-hydrogen) atoms. The van der Waals surface area contributed by atoms with Crippen molar-refractivity contribution >= 4 is 5.91 Å². The van der Waals surface area contributed by atoms with Gasteiger partial charge in [-0.15, -0.1) is 0 Å². The lowest BCUT2D eigenvalue weighted by molar-refractivity contribution is -0.148. The number of nitrogens with one attached hydrogen (secondary N) is 1. The maximum atomic E-state index is 12.8. The molecule has 2 saturated heterocycles. The van der Waals surface area contributed by atoms with Crippen LogP contribution in [0.5, 0.6) is 0 Å². The van der Waals surface area contributed by atoms with E-state index in [0.717, 1.165) is 56.5 Å². The second-order valence-corrected chi connectivity index (χ2v) is 6.59. The van der Waals surface area contributed by atoms with Crippen molar-refractivity contribution in [3.8, 4) is 0 Å². The van der Waals surface area contributed by atoms with Gasteiger partial charge in [0.05, 0.1) is 11.0 Å². The van der Waals surface area contributed by atoms with E-state index >= 15 is 0 Å². The molecule has 2 heterocycles. The van der Waals surface area contributed by atoms with Crippen LogP contribution < -0.4 is 5.32 Å². The van der Waals surface area contributed by atoms with Gasteiger partial charge in [0.15, 0.2) is 0 Å². The van der Waals surface area contributed by atoms with Crippen LogP contribution in [-0.2, 0) is 17.5 Å². The lowest BCUT2D eigenvalue weighted by atomic mass is 9.73. The zero-order valence-corrected chi connectivity index (χ0v) is 13.0. The van der Waals surface area contributed by atoms with Crippen molar-refractivity contribution in [1.82, 2.24) is 10.2 Å². The summed E-state index contributed by atoms with van der Waals surface area (Å²) >= 11 is 0. The van der Waals surface area contributed by atoms with Crippen LogP contribution in [0.2, 0.25) is 0 Å². The first-order chi connectivity index (χ1) is 10.9. The standard InChI is InChI=1S/C17H21F3N2O/c18-17(19,20)14-5-3-13(4-6-14)11-22-10-2-8-16(15(22)23)7-1-9-21-12-16/h3-6,21H,1-2,7-12H2. The smallest absolute Gasteiger partial charge is 0.338 e. The zero-order valence-electron chi connectivity index (χ0n) is 13.0. The van der Waals surface area contributed by atoms with E-state index in [0.29, 0.717) is 13.1 Å². The number of piperidine rings is 2. The van der Waals surface area contributed by atoms with Crippen LogP contribution in [0.3, 0.4) is 0 Å². The summed E-state index contributed by atoms with van der Waals surface area (Å²) in [6, 6.07) is 5.11. The van der Waals surface area contributed by atoms with E-state index in [-0.39, 0.29) is 11.3 Å². The first-order valence-corrected chi connectivity index (χ1v) is 8.07. The summed E-state index contributed by atoms with van der Waals surface area (Å²) in [5.74, 6) is 0.149. The van der Waals surface area contributed by atoms with Gasteiger partial charge in [-0.2, -0.15) is 13.2 Å². The number of hydrogen-bond donors (Lipinski definition) is 1. The Bertz CT molecular complexity index is 557. The third kappa shape index (κ3) is 3.37. The Balaban J connectivity index is 1.71. The van der Waals surface area contributed by atoms with Crippen molar-refractivity contribution in [3.63, 3.8) is 0 Å². The fourth-order valence-corrected chi connectivity index (χ4v) is 3.69. The number of likely N-dealkylation sites (tertiary alicyclic amines) is 1. The van der Waals surface area contributed by atoms with Gasteiger partial charge in [0.25, 0.3) is 0 Å². The Hall–Kier alpha value is -1.56. The molecule has 0 radical (unpaired) electrons. The van der Waals surface area contributed by atoms with Gasteiger partial charge in [0.2, 0.25) is 5.91 Å². The van der Waals surface area contributed by atoms with Gasteiger partial charge in [-0.1, -0.05) is 12.1 Å². The first-order valence-electron chi connectivity index (χ1n) is 8.07. The number of hydrogen-bond acceptors (Lipinski definition) is 2. The summed E-state index contributed by atoms with van der Waals surface area (Å²) in [5, 5.41) is 3.31. The van der Waals surface area contributed by atoms with Crippen molar-refractivity contribution in [1.29, 1.82) is 0 Å². The SMILES string of the molecule is O=C1N(Cc2ccc(C(F)(F)F)cc2)CCCC12CCCNC2. The average molecular weight is 326 g/mol. The molecule has 0 saturated carbocycles. The monoisotopic (exact) mass is 326 g/mol. The molecule has 1 aromatic rings. The lowest BCUT2D eigenvalue weighted by Gasteiger charge is -2.44. The quantitative estimate of drug-likeness (QED) is 0.905. The minimum Gasteiger partial charge on any atom is -0.338 e. The number of carbonyl (C=O) groups excluding carboxylic acids is 1. The van der Waals surface area contributed by atoms with E-state index in [1.807, 2.05) is 0 Å². The first kappa shape index (κ1) is 16.3. The van der Waals surface area contributed by atoms with Crippen LogP contribution >= 0.6 is 0 Å². The van der Waals surface area contributed by atoms with Crippen LogP contribution in [0.1, 0.15) is 36.8 Å². The maximum absolute atomic E-state index is 12.8. The molecule has 1 atom stereocenters. The van der Waals surface area contributed by atoms with Crippen molar-refractivity contribution in [3.05, 3.63) is 35.4 Å². The van der Waals surface area contributed by atoms with Crippen molar-refractivity contribution < 1.29 is 18.0 Å². The highest BCUT2D eigenvalue weighted by molar-refractivity contribution is 5.84. The molecule has 126 valence electrons. The third-order valence-electron chi connectivity index (χ3n) is 4.95. The van der Waals surface area contributed by atoms with Gasteiger partial charge in [-0.25, -0.2) is 0 Å². The van der Waals surface area contributed by atoms with Gasteiger partial charge in [-0.05, 0) is 49.9 Å². The highest BCUT2D eigenvalue weighted by Gasteiger charge is 2.44. The summed E-state index contributed by atoms with van der Waals surface area (Å²) in [6.07, 6.45) is -0.560. The van der Waals surface area contributed by atoms with Crippen LogP contribution in [0.15, 0.2) is 24.3 Å². The Labute approximate surface area is 133 Å². The predicted octanol–water partition coefficient (Wildman–Crippen LogP) is 3.20. The summed E-state index contributed by atoms with van der Waals surface area (Å²) in [7, 11) is 0. The predicted molar refractivity (Wildman–Crippen MR) is 80.6 cm³/mol. The molecule has 1 N–H and O–H groups in total. The lowest BCUT2D eigenvalue weighted by Crippen LogP contribution is -2.54. The summed E-state index contributed by atoms with van der Waals surface area (Å²) < 4.78 is 37.8.